The fraction of sp³-hybridized carbons (Fsp3) is 0.750. The Kier molecular flexibility index (Phi) is 2.28. The molecule has 5 nitrogen and oxygen atoms in total. The minimum absolute atomic E-state index is 0.234. The zero-order chi connectivity index (χ0) is 9.26. The summed E-state index contributed by atoms with van der Waals surface area (Å²) < 4.78 is 0. The third-order valence-electron chi connectivity index (χ3n) is 2.42. The van der Waals surface area contributed by atoms with E-state index >= 15 is 0 Å². The van der Waals surface area contributed by atoms with Crippen LogP contribution in [0.2, 0.25) is 0 Å². The summed E-state index contributed by atoms with van der Waals surface area (Å²) in [7, 11) is 1.80. The molecule has 1 aromatic rings. The number of hydrogen-bond donors (Lipinski definition) is 2. The number of β-amino-alcohol motifs (C(OH)–C–C–N with tert-alkyl or cyclic N) is 1. The summed E-state index contributed by atoms with van der Waals surface area (Å²) in [6.07, 6.45) is 2.33. The molecule has 0 aromatic carbocycles. The highest BCUT2D eigenvalue weighted by atomic mass is 16.3. The van der Waals surface area contributed by atoms with E-state index < -0.39 is 0 Å². The van der Waals surface area contributed by atoms with E-state index in [4.69, 9.17) is 0 Å². The van der Waals surface area contributed by atoms with Gasteiger partial charge in [0.25, 0.3) is 0 Å². The monoisotopic (exact) mass is 182 g/mol. The molecule has 72 valence electrons. The quantitative estimate of drug-likeness (QED) is 0.612. The molecule has 13 heavy (non-hydrogen) atoms. The molecule has 1 aliphatic heterocycles. The van der Waals surface area contributed by atoms with Crippen LogP contribution in [-0.4, -0.2) is 39.3 Å². The first-order valence-electron chi connectivity index (χ1n) is 4.49. The fourth-order valence-corrected chi connectivity index (χ4v) is 1.68. The number of hydrogen-bond acceptors (Lipinski definition) is 4. The summed E-state index contributed by atoms with van der Waals surface area (Å²) in [6.45, 7) is 1.57. The normalized spacial score (nSPS) is 28.2. The molecule has 1 fully saturated rings. The summed E-state index contributed by atoms with van der Waals surface area (Å²) in [5.74, 6) is 0.289. The van der Waals surface area contributed by atoms with E-state index in [9.17, 15) is 5.11 Å². The van der Waals surface area contributed by atoms with Crippen molar-refractivity contribution in [2.24, 2.45) is 13.0 Å². The number of rotatable bonds is 2. The number of nitrogens with zero attached hydrogens (tertiary/aromatic N) is 3. The van der Waals surface area contributed by atoms with Crippen molar-refractivity contribution in [3.63, 3.8) is 0 Å². The second kappa shape index (κ2) is 3.43. The SMILES string of the molecule is Cn1ncc(CC2CNCC2O)n1. The van der Waals surface area contributed by atoms with Crippen LogP contribution >= 0.6 is 0 Å². The lowest BCUT2D eigenvalue weighted by atomic mass is 10.0. The zero-order valence-electron chi connectivity index (χ0n) is 7.64. The first-order valence-corrected chi connectivity index (χ1v) is 4.49. The standard InChI is InChI=1S/C8H14N4O/c1-12-10-4-7(11-12)2-6-3-9-5-8(6)13/h4,6,8-9,13H,2-3,5H2,1H3. The number of aliphatic hydroxyl groups excluding tert-OH is 1. The van der Waals surface area contributed by atoms with Gasteiger partial charge in [0.1, 0.15) is 0 Å². The van der Waals surface area contributed by atoms with Crippen LogP contribution < -0.4 is 5.32 Å². The second-order valence-electron chi connectivity index (χ2n) is 3.52. The predicted octanol–water partition coefficient (Wildman–Crippen LogP) is -1.06. The molecule has 1 aromatic heterocycles. The number of aromatic nitrogens is 3. The minimum atomic E-state index is -0.234. The van der Waals surface area contributed by atoms with Gasteiger partial charge in [-0.05, 0) is 6.42 Å². The first kappa shape index (κ1) is 8.65. The van der Waals surface area contributed by atoms with Gasteiger partial charge in [-0.2, -0.15) is 15.0 Å². The molecule has 0 spiro atoms. The third kappa shape index (κ3) is 1.87. The maximum absolute atomic E-state index is 9.54. The summed E-state index contributed by atoms with van der Waals surface area (Å²) in [4.78, 5) is 1.55. The van der Waals surface area contributed by atoms with Crippen molar-refractivity contribution in [2.75, 3.05) is 13.1 Å². The maximum atomic E-state index is 9.54. The highest BCUT2D eigenvalue weighted by Gasteiger charge is 2.25. The van der Waals surface area contributed by atoms with Gasteiger partial charge in [0.15, 0.2) is 0 Å². The first-order chi connectivity index (χ1) is 6.25. The van der Waals surface area contributed by atoms with Crippen LogP contribution in [0, 0.1) is 5.92 Å². The molecule has 1 saturated heterocycles. The lowest BCUT2D eigenvalue weighted by molar-refractivity contribution is 0.147. The minimum Gasteiger partial charge on any atom is -0.391 e. The Hall–Kier alpha value is -0.940. The molecule has 2 unspecified atom stereocenters. The lowest BCUT2D eigenvalue weighted by Gasteiger charge is -2.10. The summed E-state index contributed by atoms with van der Waals surface area (Å²) in [5.41, 5.74) is 0.954. The molecule has 0 saturated carbocycles. The van der Waals surface area contributed by atoms with E-state index in [-0.39, 0.29) is 12.0 Å². The highest BCUT2D eigenvalue weighted by molar-refractivity contribution is 4.97. The summed E-state index contributed by atoms with van der Waals surface area (Å²) in [6, 6.07) is 0. The van der Waals surface area contributed by atoms with Crippen molar-refractivity contribution in [3.8, 4) is 0 Å². The van der Waals surface area contributed by atoms with Gasteiger partial charge in [-0.15, -0.1) is 0 Å². The molecule has 2 atom stereocenters. The van der Waals surface area contributed by atoms with E-state index in [1.54, 1.807) is 18.0 Å². The highest BCUT2D eigenvalue weighted by Crippen LogP contribution is 2.13. The molecule has 0 aliphatic carbocycles. The average Bonchev–Trinajstić information content (AvgIpc) is 2.64. The Morgan fingerprint density at radius 3 is 3.08 bits per heavy atom. The van der Waals surface area contributed by atoms with Crippen LogP contribution in [0.1, 0.15) is 5.69 Å². The predicted molar refractivity (Wildman–Crippen MR) is 47.1 cm³/mol. The topological polar surface area (TPSA) is 63.0 Å². The number of aliphatic hydroxyl groups is 1. The van der Waals surface area contributed by atoms with E-state index in [0.29, 0.717) is 6.54 Å². The van der Waals surface area contributed by atoms with Gasteiger partial charge in [0, 0.05) is 26.1 Å². The van der Waals surface area contributed by atoms with Gasteiger partial charge in [-0.3, -0.25) is 0 Å². The number of nitrogens with one attached hydrogen (secondary N) is 1. The summed E-state index contributed by atoms with van der Waals surface area (Å²) >= 11 is 0. The van der Waals surface area contributed by atoms with Gasteiger partial charge in [-0.1, -0.05) is 0 Å². The Labute approximate surface area is 76.8 Å². The Bertz CT molecular complexity index is 285. The Balaban J connectivity index is 1.97. The van der Waals surface area contributed by atoms with E-state index in [0.717, 1.165) is 18.7 Å². The molecule has 2 rings (SSSR count). The molecule has 0 amide bonds. The molecular formula is C8H14N4O. The molecule has 2 heterocycles. The van der Waals surface area contributed by atoms with Gasteiger partial charge in [0.2, 0.25) is 0 Å². The molecule has 0 bridgehead atoms. The van der Waals surface area contributed by atoms with Gasteiger partial charge in [0.05, 0.1) is 18.0 Å². The van der Waals surface area contributed by atoms with Crippen molar-refractivity contribution in [2.45, 2.75) is 12.5 Å². The largest absolute Gasteiger partial charge is 0.391 e. The third-order valence-corrected chi connectivity index (χ3v) is 2.42. The van der Waals surface area contributed by atoms with Crippen LogP contribution in [-0.2, 0) is 13.5 Å². The van der Waals surface area contributed by atoms with Crippen molar-refractivity contribution in [3.05, 3.63) is 11.9 Å². The van der Waals surface area contributed by atoms with Crippen molar-refractivity contribution < 1.29 is 5.11 Å². The van der Waals surface area contributed by atoms with Crippen molar-refractivity contribution in [1.29, 1.82) is 0 Å². The van der Waals surface area contributed by atoms with Crippen molar-refractivity contribution >= 4 is 0 Å². The van der Waals surface area contributed by atoms with E-state index in [1.807, 2.05) is 0 Å². The van der Waals surface area contributed by atoms with Gasteiger partial charge in [-0.25, -0.2) is 0 Å². The Morgan fingerprint density at radius 2 is 2.54 bits per heavy atom. The average molecular weight is 182 g/mol. The number of aryl methyl sites for hydroxylation is 1. The smallest absolute Gasteiger partial charge is 0.0831 e. The molecular weight excluding hydrogens is 168 g/mol. The van der Waals surface area contributed by atoms with Gasteiger partial charge >= 0.3 is 0 Å². The van der Waals surface area contributed by atoms with Crippen LogP contribution in [0.15, 0.2) is 6.20 Å². The van der Waals surface area contributed by atoms with Crippen LogP contribution in [0.25, 0.3) is 0 Å². The van der Waals surface area contributed by atoms with Crippen LogP contribution in [0.5, 0.6) is 0 Å². The maximum Gasteiger partial charge on any atom is 0.0831 e. The Morgan fingerprint density at radius 1 is 1.69 bits per heavy atom. The molecule has 2 N–H and O–H groups in total. The molecule has 1 aliphatic rings. The van der Waals surface area contributed by atoms with Crippen LogP contribution in [0.4, 0.5) is 0 Å². The molecule has 5 heteroatoms. The van der Waals surface area contributed by atoms with E-state index in [1.165, 1.54) is 0 Å². The van der Waals surface area contributed by atoms with Gasteiger partial charge < -0.3 is 10.4 Å². The molecule has 0 radical (unpaired) electrons. The lowest BCUT2D eigenvalue weighted by Crippen LogP contribution is -2.20. The van der Waals surface area contributed by atoms with E-state index in [2.05, 4.69) is 15.5 Å². The zero-order valence-corrected chi connectivity index (χ0v) is 7.64. The fourth-order valence-electron chi connectivity index (χ4n) is 1.68. The van der Waals surface area contributed by atoms with Crippen molar-refractivity contribution in [1.82, 2.24) is 20.3 Å². The van der Waals surface area contributed by atoms with Crippen LogP contribution in [0.3, 0.4) is 0 Å². The summed E-state index contributed by atoms with van der Waals surface area (Å²) in [5, 5.41) is 20.8. The second-order valence-corrected chi connectivity index (χ2v) is 3.52.